The van der Waals surface area contributed by atoms with Crippen molar-refractivity contribution in [3.8, 4) is 11.9 Å². The Morgan fingerprint density at radius 1 is 1.27 bits per heavy atom. The largest absolute Gasteiger partial charge is 0.493 e. The highest BCUT2D eigenvalue weighted by Crippen LogP contribution is 2.26. The number of aliphatic hydroxyl groups excluding tert-OH is 1. The molecule has 0 saturated heterocycles. The Kier molecular flexibility index (Phi) is 4.66. The normalized spacial score (nSPS) is 10.8. The Bertz CT molecular complexity index is 804. The first-order valence-electron chi connectivity index (χ1n) is 6.54. The van der Waals surface area contributed by atoms with Crippen LogP contribution in [0.5, 0.6) is 5.88 Å². The molecule has 0 bridgehead atoms. The number of aromatic hydroxyl groups is 1. The van der Waals surface area contributed by atoms with Crippen molar-refractivity contribution in [2.75, 3.05) is 6.61 Å². The summed E-state index contributed by atoms with van der Waals surface area (Å²) in [4.78, 5) is 12.3. The minimum Gasteiger partial charge on any atom is -0.493 e. The molecule has 0 atom stereocenters. The summed E-state index contributed by atoms with van der Waals surface area (Å²) in [5, 5.41) is 36.0. The first kappa shape index (κ1) is 15.4. The van der Waals surface area contributed by atoms with Gasteiger partial charge in [0.15, 0.2) is 5.69 Å². The lowest BCUT2D eigenvalue weighted by atomic mass is 10.1. The molecule has 2 rings (SSSR count). The number of pyridine rings is 1. The molecule has 1 aromatic carbocycles. The zero-order valence-corrected chi connectivity index (χ0v) is 11.9. The number of aromatic nitrogens is 1. The van der Waals surface area contributed by atoms with Gasteiger partial charge >= 0.3 is 0 Å². The average molecular weight is 298 g/mol. The molecular formula is C15H14N4O3. The number of azo groups is 1. The molecule has 22 heavy (non-hydrogen) atoms. The van der Waals surface area contributed by atoms with Crippen LogP contribution in [0.4, 0.5) is 11.4 Å². The van der Waals surface area contributed by atoms with E-state index in [0.29, 0.717) is 5.69 Å². The minimum atomic E-state index is -0.609. The molecule has 1 heterocycles. The van der Waals surface area contributed by atoms with Gasteiger partial charge in [0.2, 0.25) is 5.88 Å². The van der Waals surface area contributed by atoms with Gasteiger partial charge in [0.1, 0.15) is 11.6 Å². The van der Waals surface area contributed by atoms with Crippen LogP contribution in [-0.2, 0) is 6.54 Å². The van der Waals surface area contributed by atoms with Crippen LogP contribution in [0.1, 0.15) is 11.1 Å². The quantitative estimate of drug-likeness (QED) is 0.842. The van der Waals surface area contributed by atoms with E-state index >= 15 is 0 Å². The van der Waals surface area contributed by atoms with E-state index in [0.717, 1.165) is 4.57 Å². The highest BCUT2D eigenvalue weighted by Gasteiger charge is 2.18. The van der Waals surface area contributed by atoms with E-state index in [9.17, 15) is 9.90 Å². The van der Waals surface area contributed by atoms with Gasteiger partial charge in [-0.15, -0.1) is 5.11 Å². The van der Waals surface area contributed by atoms with Crippen LogP contribution in [-0.4, -0.2) is 21.4 Å². The van der Waals surface area contributed by atoms with Crippen molar-refractivity contribution in [1.29, 1.82) is 5.26 Å². The molecule has 112 valence electrons. The smallest absolute Gasteiger partial charge is 0.281 e. The molecule has 0 aliphatic heterocycles. The molecule has 7 nitrogen and oxygen atoms in total. The molecule has 0 radical (unpaired) electrons. The van der Waals surface area contributed by atoms with Gasteiger partial charge in [-0.05, 0) is 19.1 Å². The van der Waals surface area contributed by atoms with Gasteiger partial charge in [0, 0.05) is 5.56 Å². The van der Waals surface area contributed by atoms with Crippen molar-refractivity contribution in [3.63, 3.8) is 0 Å². The van der Waals surface area contributed by atoms with Gasteiger partial charge in [-0.1, -0.05) is 18.2 Å². The van der Waals surface area contributed by atoms with Crippen LogP contribution >= 0.6 is 0 Å². The van der Waals surface area contributed by atoms with Gasteiger partial charge in [-0.25, -0.2) is 0 Å². The van der Waals surface area contributed by atoms with E-state index in [1.54, 1.807) is 24.3 Å². The summed E-state index contributed by atoms with van der Waals surface area (Å²) in [7, 11) is 0. The maximum atomic E-state index is 12.3. The topological polar surface area (TPSA) is 111 Å². The van der Waals surface area contributed by atoms with E-state index in [-0.39, 0.29) is 30.0 Å². The number of benzene rings is 1. The third-order valence-corrected chi connectivity index (χ3v) is 3.11. The molecule has 1 aromatic heterocycles. The standard InChI is InChI=1S/C15H14N4O3/c1-10-12(9-16)14(21)19(7-8-20)15(22)13(10)18-17-11-5-3-2-4-6-11/h2-6,20-21H,7-8H2,1H3. The molecule has 0 aliphatic rings. The second-order valence-corrected chi connectivity index (χ2v) is 4.50. The van der Waals surface area contributed by atoms with Crippen LogP contribution < -0.4 is 5.56 Å². The Balaban J connectivity index is 2.61. The zero-order chi connectivity index (χ0) is 16.1. The Morgan fingerprint density at radius 3 is 2.55 bits per heavy atom. The van der Waals surface area contributed by atoms with Crippen LogP contribution in [0, 0.1) is 18.3 Å². The summed E-state index contributed by atoms with van der Waals surface area (Å²) < 4.78 is 0.908. The molecule has 0 aliphatic carbocycles. The molecular weight excluding hydrogens is 284 g/mol. The number of nitriles is 1. The van der Waals surface area contributed by atoms with Crippen LogP contribution in [0.25, 0.3) is 0 Å². The zero-order valence-electron chi connectivity index (χ0n) is 11.9. The summed E-state index contributed by atoms with van der Waals surface area (Å²) >= 11 is 0. The number of aliphatic hydroxyl groups is 1. The third-order valence-electron chi connectivity index (χ3n) is 3.11. The van der Waals surface area contributed by atoms with Gasteiger partial charge in [-0.3, -0.25) is 9.36 Å². The average Bonchev–Trinajstić information content (AvgIpc) is 2.53. The molecule has 0 spiro atoms. The predicted molar refractivity (Wildman–Crippen MR) is 79.5 cm³/mol. The summed E-state index contributed by atoms with van der Waals surface area (Å²) in [5.41, 5.74) is 0.102. The monoisotopic (exact) mass is 298 g/mol. The minimum absolute atomic E-state index is 0.0355. The Hall–Kier alpha value is -2.98. The molecule has 2 N–H and O–H groups in total. The number of hydrogen-bond donors (Lipinski definition) is 2. The van der Waals surface area contributed by atoms with Gasteiger partial charge < -0.3 is 10.2 Å². The van der Waals surface area contributed by atoms with Crippen molar-refractivity contribution >= 4 is 11.4 Å². The summed E-state index contributed by atoms with van der Waals surface area (Å²) in [6, 6.07) is 10.7. The second kappa shape index (κ2) is 6.65. The van der Waals surface area contributed by atoms with Crippen LogP contribution in [0.15, 0.2) is 45.4 Å². The predicted octanol–water partition coefficient (Wildman–Crippen LogP) is 2.14. The Labute approximate surface area is 126 Å². The first-order chi connectivity index (χ1) is 10.6. The van der Waals surface area contributed by atoms with Crippen molar-refractivity contribution in [3.05, 3.63) is 51.8 Å². The van der Waals surface area contributed by atoms with Crippen molar-refractivity contribution in [2.45, 2.75) is 13.5 Å². The van der Waals surface area contributed by atoms with E-state index in [1.165, 1.54) is 6.92 Å². The summed E-state index contributed by atoms with van der Waals surface area (Å²) in [6.07, 6.45) is 0. The summed E-state index contributed by atoms with van der Waals surface area (Å²) in [5.74, 6) is -0.474. The van der Waals surface area contributed by atoms with Crippen molar-refractivity contribution < 1.29 is 10.2 Å². The van der Waals surface area contributed by atoms with Crippen molar-refractivity contribution in [2.24, 2.45) is 10.2 Å². The van der Waals surface area contributed by atoms with Crippen LogP contribution in [0.3, 0.4) is 0 Å². The maximum absolute atomic E-state index is 12.3. The number of hydrogen-bond acceptors (Lipinski definition) is 6. The molecule has 0 amide bonds. The van der Waals surface area contributed by atoms with E-state index in [2.05, 4.69) is 10.2 Å². The summed E-state index contributed by atoms with van der Waals surface area (Å²) in [6.45, 7) is 1.03. The Morgan fingerprint density at radius 2 is 1.95 bits per heavy atom. The lowest BCUT2D eigenvalue weighted by Gasteiger charge is -2.11. The van der Waals surface area contributed by atoms with Crippen LogP contribution in [0.2, 0.25) is 0 Å². The van der Waals surface area contributed by atoms with Crippen molar-refractivity contribution in [1.82, 2.24) is 4.57 Å². The molecule has 0 saturated carbocycles. The molecule has 2 aromatic rings. The van der Waals surface area contributed by atoms with Gasteiger partial charge in [0.25, 0.3) is 5.56 Å². The van der Waals surface area contributed by atoms with E-state index < -0.39 is 11.4 Å². The second-order valence-electron chi connectivity index (χ2n) is 4.50. The van der Waals surface area contributed by atoms with Gasteiger partial charge in [0.05, 0.1) is 18.8 Å². The fourth-order valence-corrected chi connectivity index (χ4v) is 1.97. The highest BCUT2D eigenvalue weighted by molar-refractivity contribution is 5.56. The number of nitrogens with zero attached hydrogens (tertiary/aromatic N) is 4. The molecule has 7 heteroatoms. The van der Waals surface area contributed by atoms with E-state index in [1.807, 2.05) is 12.1 Å². The first-order valence-corrected chi connectivity index (χ1v) is 6.54. The highest BCUT2D eigenvalue weighted by atomic mass is 16.3. The fourth-order valence-electron chi connectivity index (χ4n) is 1.97. The fraction of sp³-hybridized carbons (Fsp3) is 0.200. The van der Waals surface area contributed by atoms with Gasteiger partial charge in [-0.2, -0.15) is 10.4 Å². The third kappa shape index (κ3) is 2.87. The maximum Gasteiger partial charge on any atom is 0.281 e. The number of rotatable bonds is 4. The van der Waals surface area contributed by atoms with E-state index in [4.69, 9.17) is 10.4 Å². The molecule has 0 unspecified atom stereocenters. The molecule has 0 fully saturated rings. The SMILES string of the molecule is Cc1c(C#N)c(O)n(CCO)c(=O)c1N=Nc1ccccc1. The lowest BCUT2D eigenvalue weighted by molar-refractivity contribution is 0.263. The lowest BCUT2D eigenvalue weighted by Crippen LogP contribution is -2.23.